The lowest BCUT2D eigenvalue weighted by Crippen LogP contribution is -2.63. The number of nitrogens with one attached hydrogen (secondary N) is 1. The standard InChI is InChI=1S/C14H24N4O3S/c1-3-12-15-10-13(16-12)22(19,20)18-7-6-17(2)14(11-18)4-8-21-9-5-14/h10H,3-9,11H2,1-2H3,(H,15,16). The summed E-state index contributed by atoms with van der Waals surface area (Å²) in [5.41, 5.74) is -0.100. The summed E-state index contributed by atoms with van der Waals surface area (Å²) in [4.78, 5) is 9.34. The van der Waals surface area contributed by atoms with Gasteiger partial charge in [0.15, 0.2) is 5.03 Å². The van der Waals surface area contributed by atoms with Crippen LogP contribution in [0.5, 0.6) is 0 Å². The molecule has 2 aliphatic heterocycles. The Kier molecular flexibility index (Phi) is 4.28. The maximum absolute atomic E-state index is 12.9. The number of hydrogen-bond acceptors (Lipinski definition) is 5. The Morgan fingerprint density at radius 1 is 1.36 bits per heavy atom. The molecule has 124 valence electrons. The Morgan fingerprint density at radius 3 is 2.73 bits per heavy atom. The molecule has 0 atom stereocenters. The van der Waals surface area contributed by atoms with Crippen molar-refractivity contribution in [2.45, 2.75) is 36.8 Å². The highest BCUT2D eigenvalue weighted by Gasteiger charge is 2.44. The Morgan fingerprint density at radius 2 is 2.09 bits per heavy atom. The third kappa shape index (κ3) is 2.68. The molecule has 3 rings (SSSR count). The van der Waals surface area contributed by atoms with Crippen molar-refractivity contribution in [2.24, 2.45) is 0 Å². The molecule has 22 heavy (non-hydrogen) atoms. The second kappa shape index (κ2) is 5.92. The van der Waals surface area contributed by atoms with Crippen LogP contribution < -0.4 is 0 Å². The third-order valence-electron chi connectivity index (χ3n) is 4.95. The maximum Gasteiger partial charge on any atom is 0.260 e. The Hall–Kier alpha value is -0.960. The first-order valence-corrected chi connectivity index (χ1v) is 9.25. The van der Waals surface area contributed by atoms with Crippen LogP contribution >= 0.6 is 0 Å². The zero-order chi connectivity index (χ0) is 15.8. The van der Waals surface area contributed by atoms with Crippen molar-refractivity contribution in [3.63, 3.8) is 0 Å². The molecule has 8 heteroatoms. The predicted molar refractivity (Wildman–Crippen MR) is 82.1 cm³/mol. The molecule has 2 aliphatic rings. The fourth-order valence-electron chi connectivity index (χ4n) is 3.32. The van der Waals surface area contributed by atoms with Crippen LogP contribution in [0.1, 0.15) is 25.6 Å². The summed E-state index contributed by atoms with van der Waals surface area (Å²) >= 11 is 0. The largest absolute Gasteiger partial charge is 0.381 e. The number of ether oxygens (including phenoxy) is 1. The Balaban J connectivity index is 1.84. The number of rotatable bonds is 3. The van der Waals surface area contributed by atoms with Crippen molar-refractivity contribution >= 4 is 10.0 Å². The van der Waals surface area contributed by atoms with Crippen LogP contribution in [0.3, 0.4) is 0 Å². The zero-order valence-electron chi connectivity index (χ0n) is 13.2. The molecule has 2 fully saturated rings. The summed E-state index contributed by atoms with van der Waals surface area (Å²) in [5.74, 6) is 0.702. The number of H-pyrrole nitrogens is 1. The molecule has 0 amide bonds. The number of aryl methyl sites for hydroxylation is 1. The average molecular weight is 328 g/mol. The van der Waals surface area contributed by atoms with Crippen molar-refractivity contribution in [1.82, 2.24) is 19.2 Å². The van der Waals surface area contributed by atoms with E-state index in [1.165, 1.54) is 6.20 Å². The van der Waals surface area contributed by atoms with E-state index in [-0.39, 0.29) is 10.6 Å². The molecular formula is C14H24N4O3S. The van der Waals surface area contributed by atoms with E-state index < -0.39 is 10.0 Å². The smallest absolute Gasteiger partial charge is 0.260 e. The van der Waals surface area contributed by atoms with Gasteiger partial charge in [0.1, 0.15) is 5.82 Å². The molecule has 0 bridgehead atoms. The number of imidazole rings is 1. The van der Waals surface area contributed by atoms with Crippen molar-refractivity contribution in [2.75, 3.05) is 39.9 Å². The van der Waals surface area contributed by atoms with E-state index in [1.54, 1.807) is 4.31 Å². The third-order valence-corrected chi connectivity index (χ3v) is 6.70. The molecule has 1 N–H and O–H groups in total. The second-order valence-electron chi connectivity index (χ2n) is 6.14. The van der Waals surface area contributed by atoms with Gasteiger partial charge in [0.2, 0.25) is 0 Å². The number of likely N-dealkylation sites (N-methyl/N-ethyl adjacent to an activating group) is 1. The predicted octanol–water partition coefficient (Wildman–Crippen LogP) is 0.457. The molecule has 0 radical (unpaired) electrons. The summed E-state index contributed by atoms with van der Waals surface area (Å²) in [7, 11) is -1.42. The highest BCUT2D eigenvalue weighted by Crippen LogP contribution is 2.32. The van der Waals surface area contributed by atoms with E-state index in [0.717, 1.165) is 19.4 Å². The van der Waals surface area contributed by atoms with Gasteiger partial charge in [0.05, 0.1) is 6.20 Å². The van der Waals surface area contributed by atoms with Gasteiger partial charge in [0, 0.05) is 44.8 Å². The van der Waals surface area contributed by atoms with Crippen LogP contribution in [0, 0.1) is 0 Å². The van der Waals surface area contributed by atoms with E-state index in [4.69, 9.17) is 4.74 Å². The minimum absolute atomic E-state index is 0.100. The molecule has 2 saturated heterocycles. The lowest BCUT2D eigenvalue weighted by molar-refractivity contribution is -0.0446. The molecule has 1 aromatic rings. The first-order valence-electron chi connectivity index (χ1n) is 7.81. The molecule has 0 aromatic carbocycles. The minimum Gasteiger partial charge on any atom is -0.381 e. The van der Waals surface area contributed by atoms with Crippen molar-refractivity contribution < 1.29 is 13.2 Å². The van der Waals surface area contributed by atoms with E-state index in [2.05, 4.69) is 21.9 Å². The van der Waals surface area contributed by atoms with E-state index >= 15 is 0 Å². The van der Waals surface area contributed by atoms with Crippen molar-refractivity contribution in [1.29, 1.82) is 0 Å². The van der Waals surface area contributed by atoms with Gasteiger partial charge >= 0.3 is 0 Å². The average Bonchev–Trinajstić information content (AvgIpc) is 3.01. The summed E-state index contributed by atoms with van der Waals surface area (Å²) in [6.45, 7) is 5.12. The van der Waals surface area contributed by atoms with Gasteiger partial charge in [-0.2, -0.15) is 4.31 Å². The monoisotopic (exact) mass is 328 g/mol. The van der Waals surface area contributed by atoms with Crippen molar-refractivity contribution in [3.8, 4) is 0 Å². The second-order valence-corrected chi connectivity index (χ2v) is 8.05. The number of nitrogens with zero attached hydrogens (tertiary/aromatic N) is 3. The minimum atomic E-state index is -3.50. The Labute approximate surface area is 131 Å². The molecule has 1 aromatic heterocycles. The van der Waals surface area contributed by atoms with Crippen LogP contribution in [0.25, 0.3) is 0 Å². The van der Waals surface area contributed by atoms with Gasteiger partial charge in [-0.1, -0.05) is 6.92 Å². The number of hydrogen-bond donors (Lipinski definition) is 1. The van der Waals surface area contributed by atoms with Gasteiger partial charge < -0.3 is 9.72 Å². The number of aromatic amines is 1. The molecule has 7 nitrogen and oxygen atoms in total. The van der Waals surface area contributed by atoms with E-state index in [1.807, 2.05) is 6.92 Å². The zero-order valence-corrected chi connectivity index (χ0v) is 14.0. The normalized spacial score (nSPS) is 23.9. The van der Waals surface area contributed by atoms with Gasteiger partial charge in [-0.25, -0.2) is 13.4 Å². The fourth-order valence-corrected chi connectivity index (χ4v) is 4.76. The first-order chi connectivity index (χ1) is 10.5. The SMILES string of the molecule is CCc1ncc(S(=O)(=O)N2CCN(C)C3(CCOCC3)C2)[nH]1. The summed E-state index contributed by atoms with van der Waals surface area (Å²) < 4.78 is 32.8. The van der Waals surface area contributed by atoms with E-state index in [9.17, 15) is 8.42 Å². The van der Waals surface area contributed by atoms with Gasteiger partial charge in [0.25, 0.3) is 10.0 Å². The van der Waals surface area contributed by atoms with Crippen LogP contribution in [-0.4, -0.2) is 73.0 Å². The molecule has 1 spiro atoms. The highest BCUT2D eigenvalue weighted by atomic mass is 32.2. The topological polar surface area (TPSA) is 78.5 Å². The van der Waals surface area contributed by atoms with Gasteiger partial charge in [-0.05, 0) is 19.9 Å². The number of piperazine rings is 1. The summed E-state index contributed by atoms with van der Waals surface area (Å²) in [6, 6.07) is 0. The van der Waals surface area contributed by atoms with Crippen LogP contribution in [0.4, 0.5) is 0 Å². The van der Waals surface area contributed by atoms with Gasteiger partial charge in [-0.3, -0.25) is 4.90 Å². The van der Waals surface area contributed by atoms with Gasteiger partial charge in [-0.15, -0.1) is 0 Å². The summed E-state index contributed by atoms with van der Waals surface area (Å²) in [5, 5.41) is 0.205. The highest BCUT2D eigenvalue weighted by molar-refractivity contribution is 7.89. The molecule has 3 heterocycles. The molecule has 0 unspecified atom stereocenters. The Bertz CT molecular complexity index is 622. The fraction of sp³-hybridized carbons (Fsp3) is 0.786. The van der Waals surface area contributed by atoms with E-state index in [0.29, 0.717) is 38.5 Å². The molecule has 0 aliphatic carbocycles. The lowest BCUT2D eigenvalue weighted by atomic mass is 9.87. The number of aromatic nitrogens is 2. The van der Waals surface area contributed by atoms with Crippen LogP contribution in [-0.2, 0) is 21.2 Å². The quantitative estimate of drug-likeness (QED) is 0.872. The lowest BCUT2D eigenvalue weighted by Gasteiger charge is -2.50. The van der Waals surface area contributed by atoms with Crippen LogP contribution in [0.15, 0.2) is 11.2 Å². The molecule has 0 saturated carbocycles. The maximum atomic E-state index is 12.9. The number of sulfonamides is 1. The van der Waals surface area contributed by atoms with Crippen LogP contribution in [0.2, 0.25) is 0 Å². The van der Waals surface area contributed by atoms with Crippen molar-refractivity contribution in [3.05, 3.63) is 12.0 Å². The molecular weight excluding hydrogens is 304 g/mol. The summed E-state index contributed by atoms with van der Waals surface area (Å²) in [6.07, 6.45) is 3.88. The first kappa shape index (κ1) is 15.9.